The lowest BCUT2D eigenvalue weighted by molar-refractivity contribution is -0.684. The summed E-state index contributed by atoms with van der Waals surface area (Å²) in [4.78, 5) is 14.9. The zero-order valence-electron chi connectivity index (χ0n) is 22.5. The molecule has 0 saturated carbocycles. The lowest BCUT2D eigenvalue weighted by Crippen LogP contribution is -2.44. The van der Waals surface area contributed by atoms with Crippen molar-refractivity contribution in [2.45, 2.75) is 61.7 Å². The van der Waals surface area contributed by atoms with Gasteiger partial charge in [0, 0.05) is 36.1 Å². The summed E-state index contributed by atoms with van der Waals surface area (Å²) < 4.78 is 29.1. The zero-order valence-corrected chi connectivity index (χ0v) is 22.5. The second kappa shape index (κ2) is 7.40. The molecule has 5 fully saturated rings. The molecule has 0 amide bonds. The van der Waals surface area contributed by atoms with E-state index in [9.17, 15) is 4.39 Å². The number of piperazine rings is 1. The van der Waals surface area contributed by atoms with Crippen molar-refractivity contribution in [1.82, 2.24) is 25.1 Å². The highest BCUT2D eigenvalue weighted by molar-refractivity contribution is 5.77. The van der Waals surface area contributed by atoms with Gasteiger partial charge in [0.2, 0.25) is 0 Å². The number of nitrogens with one attached hydrogen (secondary N) is 1. The number of hydrogen-bond donors (Lipinski definition) is 1. The Morgan fingerprint density at radius 3 is 2.90 bits per heavy atom. The van der Waals surface area contributed by atoms with E-state index in [2.05, 4.69) is 44.3 Å². The predicted octanol–water partition coefficient (Wildman–Crippen LogP) is 2.55. The monoisotopic (exact) mass is 542 g/mol. The van der Waals surface area contributed by atoms with E-state index in [0.29, 0.717) is 38.6 Å². The lowest BCUT2D eigenvalue weighted by Gasteiger charge is -2.38. The first kappa shape index (κ1) is 22.6. The molecule has 1 N–H and O–H groups in total. The minimum absolute atomic E-state index is 0.233. The number of fused-ring (bicyclic) bond motifs is 7. The van der Waals surface area contributed by atoms with Crippen molar-refractivity contribution in [3.8, 4) is 17.3 Å². The number of rotatable bonds is 4. The predicted molar refractivity (Wildman–Crippen MR) is 144 cm³/mol. The number of halogens is 1. The molecule has 3 aromatic rings. The van der Waals surface area contributed by atoms with Gasteiger partial charge in [-0.3, -0.25) is 14.5 Å². The first-order chi connectivity index (χ1) is 19.6. The minimum atomic E-state index is -0.781. The maximum absolute atomic E-state index is 14.5. The highest BCUT2D eigenvalue weighted by Crippen LogP contribution is 2.55. The summed E-state index contributed by atoms with van der Waals surface area (Å²) in [5.41, 5.74) is 5.59. The van der Waals surface area contributed by atoms with Crippen LogP contribution in [0.1, 0.15) is 41.6 Å². The average Bonchev–Trinajstić information content (AvgIpc) is 3.55. The number of anilines is 1. The van der Waals surface area contributed by atoms with Gasteiger partial charge in [-0.15, -0.1) is 0 Å². The Bertz CT molecular complexity index is 1560. The molecule has 6 aliphatic heterocycles. The van der Waals surface area contributed by atoms with Crippen LogP contribution in [0.5, 0.6) is 6.01 Å². The van der Waals surface area contributed by atoms with E-state index in [0.717, 1.165) is 84.0 Å². The first-order valence-electron chi connectivity index (χ1n) is 14.9. The lowest BCUT2D eigenvalue weighted by atomic mass is 9.84. The van der Waals surface area contributed by atoms with Crippen molar-refractivity contribution < 1.29 is 18.3 Å². The third-order valence-corrected chi connectivity index (χ3v) is 11.3. The van der Waals surface area contributed by atoms with E-state index in [-0.39, 0.29) is 5.54 Å². The molecule has 10 rings (SSSR count). The fourth-order valence-electron chi connectivity index (χ4n) is 9.15. The summed E-state index contributed by atoms with van der Waals surface area (Å²) in [7, 11) is 0. The fraction of sp³-hybridized carbons (Fsp3) is 0.567. The number of aromatic nitrogens is 4. The Morgan fingerprint density at radius 1 is 1.12 bits per heavy atom. The van der Waals surface area contributed by atoms with Crippen LogP contribution in [0, 0.1) is 0 Å². The summed E-state index contributed by atoms with van der Waals surface area (Å²) >= 11 is 0. The number of H-pyrrole nitrogens is 1. The third-order valence-electron chi connectivity index (χ3n) is 11.3. The van der Waals surface area contributed by atoms with Crippen LogP contribution >= 0.6 is 0 Å². The molecule has 9 nitrogen and oxygen atoms in total. The van der Waals surface area contributed by atoms with Crippen molar-refractivity contribution in [2.24, 2.45) is 0 Å². The van der Waals surface area contributed by atoms with Gasteiger partial charge in [-0.25, -0.2) is 4.39 Å². The van der Waals surface area contributed by atoms with E-state index >= 15 is 0 Å². The summed E-state index contributed by atoms with van der Waals surface area (Å²) in [6, 6.07) is 10.3. The number of nitrogens with zero attached hydrogens (tertiary/aromatic N) is 6. The molecular weight excluding hydrogens is 509 g/mol. The van der Waals surface area contributed by atoms with Gasteiger partial charge < -0.3 is 14.4 Å². The molecule has 1 aromatic carbocycles. The van der Waals surface area contributed by atoms with Crippen molar-refractivity contribution in [2.75, 3.05) is 50.8 Å². The number of hydrogen-bond acceptors (Lipinski definition) is 7. The molecule has 206 valence electrons. The molecule has 40 heavy (non-hydrogen) atoms. The standard InChI is InChI=1S/C30H33FN7O2/c31-18-8-29(6-3-7-37(29)11-18)17-39-28-33-25-9-30(23-5-2-1-4-21(23)26-24(30)10-32-35-26)40-16-22(25)27(34-28)36-12-19-14-38(19)15-20(38)13-36/h1-2,4-5,10,18-20H,3,6-9,11-17H2,(H,32,35)/q+1/t18-,19-,20+,29+,30?,38?/m1/s1. The Hall–Kier alpha value is -3.08. The van der Waals surface area contributed by atoms with Gasteiger partial charge in [0.05, 0.1) is 42.8 Å². The second-order valence-corrected chi connectivity index (χ2v) is 13.3. The quantitative estimate of drug-likeness (QED) is 0.401. The van der Waals surface area contributed by atoms with Gasteiger partial charge >= 0.3 is 6.01 Å². The van der Waals surface area contributed by atoms with Crippen LogP contribution in [0.2, 0.25) is 0 Å². The van der Waals surface area contributed by atoms with Crippen LogP contribution in [0.4, 0.5) is 10.2 Å². The van der Waals surface area contributed by atoms with Crippen LogP contribution in [-0.2, 0) is 23.4 Å². The van der Waals surface area contributed by atoms with E-state index in [1.54, 1.807) is 0 Å². The average molecular weight is 543 g/mol. The summed E-state index contributed by atoms with van der Waals surface area (Å²) in [5.74, 6) is 0.973. The van der Waals surface area contributed by atoms with E-state index < -0.39 is 11.8 Å². The number of ether oxygens (including phenoxy) is 2. The summed E-state index contributed by atoms with van der Waals surface area (Å²) in [6.45, 7) is 7.01. The van der Waals surface area contributed by atoms with Crippen molar-refractivity contribution in [3.05, 3.63) is 52.8 Å². The first-order valence-corrected chi connectivity index (χ1v) is 14.9. The molecular formula is C30H33FN7O2+. The largest absolute Gasteiger partial charge is 0.461 e. The van der Waals surface area contributed by atoms with Crippen LogP contribution in [-0.4, -0.2) is 99.2 Å². The molecule has 1 aliphatic carbocycles. The number of alkyl halides is 1. The van der Waals surface area contributed by atoms with Crippen LogP contribution < -0.4 is 9.64 Å². The van der Waals surface area contributed by atoms with E-state index in [1.165, 1.54) is 17.6 Å². The van der Waals surface area contributed by atoms with Gasteiger partial charge in [0.15, 0.2) is 12.1 Å². The Morgan fingerprint density at radius 2 is 2.00 bits per heavy atom. The van der Waals surface area contributed by atoms with Crippen molar-refractivity contribution in [1.29, 1.82) is 0 Å². The molecule has 6 atom stereocenters. The molecule has 2 unspecified atom stereocenters. The second-order valence-electron chi connectivity index (χ2n) is 13.3. The van der Waals surface area contributed by atoms with Crippen molar-refractivity contribution in [3.63, 3.8) is 0 Å². The molecule has 0 bridgehead atoms. The Balaban J connectivity index is 1.05. The molecule has 2 spiro atoms. The van der Waals surface area contributed by atoms with E-state index in [4.69, 9.17) is 19.4 Å². The SMILES string of the molecule is F[C@H]1CN2CCC[C@@]2(COc2nc3c(c(N4C[C@@H]5C[N+]56C[C@@H]6C4)n2)COC2(C3)c3ccccc3-c3[nH]ncc32)C1. The highest BCUT2D eigenvalue weighted by Gasteiger charge is 2.75. The molecule has 10 heteroatoms. The van der Waals surface area contributed by atoms with Crippen LogP contribution in [0.25, 0.3) is 11.3 Å². The summed E-state index contributed by atoms with van der Waals surface area (Å²) in [5, 5.41) is 7.59. The maximum Gasteiger partial charge on any atom is 0.318 e. The van der Waals surface area contributed by atoms with Gasteiger partial charge in [0.25, 0.3) is 0 Å². The molecule has 0 radical (unpaired) electrons. The van der Waals surface area contributed by atoms with Gasteiger partial charge in [-0.2, -0.15) is 15.1 Å². The van der Waals surface area contributed by atoms with Gasteiger partial charge in [-0.05, 0) is 24.9 Å². The maximum atomic E-state index is 14.5. The van der Waals surface area contributed by atoms with Crippen molar-refractivity contribution >= 4 is 5.82 Å². The Kier molecular flexibility index (Phi) is 4.18. The number of aromatic amines is 1. The summed E-state index contributed by atoms with van der Waals surface area (Å²) in [6.07, 6.45) is 4.33. The van der Waals surface area contributed by atoms with Crippen LogP contribution in [0.15, 0.2) is 30.5 Å². The number of quaternary nitrogens is 1. The zero-order chi connectivity index (χ0) is 26.3. The minimum Gasteiger partial charge on any atom is -0.461 e. The molecule has 2 aromatic heterocycles. The molecule has 8 heterocycles. The normalized spacial score (nSPS) is 37.9. The van der Waals surface area contributed by atoms with Crippen LogP contribution in [0.3, 0.4) is 0 Å². The third kappa shape index (κ3) is 2.84. The molecule has 5 saturated heterocycles. The topological polar surface area (TPSA) is 79.4 Å². The highest BCUT2D eigenvalue weighted by atomic mass is 19.1. The number of benzene rings is 1. The fourth-order valence-corrected chi connectivity index (χ4v) is 9.15. The smallest absolute Gasteiger partial charge is 0.318 e. The van der Waals surface area contributed by atoms with Gasteiger partial charge in [-0.1, -0.05) is 24.3 Å². The Labute approximate surface area is 231 Å². The van der Waals surface area contributed by atoms with Gasteiger partial charge in [0.1, 0.15) is 37.3 Å². The van der Waals surface area contributed by atoms with E-state index in [1.807, 2.05) is 6.20 Å². The molecule has 7 aliphatic rings.